The molecule has 0 saturated carbocycles. The molecule has 0 aliphatic heterocycles. The van der Waals surface area contributed by atoms with Crippen LogP contribution in [0, 0.1) is 0 Å². The van der Waals surface area contributed by atoms with E-state index in [9.17, 15) is 0 Å². The Bertz CT molecular complexity index is 544. The molecule has 4 nitrogen and oxygen atoms in total. The lowest BCUT2D eigenvalue weighted by Gasteiger charge is -2.26. The van der Waals surface area contributed by atoms with Gasteiger partial charge in [-0.3, -0.25) is 0 Å². The quantitative estimate of drug-likeness (QED) is 0.838. The molecular weight excluding hydrogens is 336 g/mol. The van der Waals surface area contributed by atoms with Crippen LogP contribution in [0.15, 0.2) is 28.2 Å². The first kappa shape index (κ1) is 15.3. The second-order valence-corrected chi connectivity index (χ2v) is 6.43. The van der Waals surface area contributed by atoms with Crippen LogP contribution in [0.2, 0.25) is 0 Å². The van der Waals surface area contributed by atoms with Gasteiger partial charge in [-0.25, -0.2) is 4.98 Å². The molecule has 1 atom stereocenters. The molecule has 0 aliphatic rings. The fraction of sp³-hybridized carbons (Fsp3) is 0.429. The van der Waals surface area contributed by atoms with Crippen LogP contribution in [0.5, 0.6) is 0 Å². The van der Waals surface area contributed by atoms with Crippen molar-refractivity contribution in [3.8, 4) is 0 Å². The van der Waals surface area contributed by atoms with E-state index in [1.807, 2.05) is 0 Å². The van der Waals surface area contributed by atoms with Crippen LogP contribution in [0.25, 0.3) is 0 Å². The number of thiophene rings is 1. The lowest BCUT2D eigenvalue weighted by Crippen LogP contribution is -2.23. The maximum atomic E-state index is 4.60. The van der Waals surface area contributed by atoms with Gasteiger partial charge in [-0.2, -0.15) is 4.98 Å². The Labute approximate surface area is 132 Å². The van der Waals surface area contributed by atoms with Crippen molar-refractivity contribution in [3.05, 3.63) is 33.1 Å². The first-order valence-corrected chi connectivity index (χ1v) is 8.33. The normalized spacial score (nSPS) is 12.2. The summed E-state index contributed by atoms with van der Waals surface area (Å²) in [5.74, 6) is 1.58. The Kier molecular flexibility index (Phi) is 5.37. The third-order valence-corrected chi connectivity index (χ3v) is 4.73. The number of nitrogens with one attached hydrogen (secondary N) is 1. The van der Waals surface area contributed by atoms with Gasteiger partial charge in [-0.05, 0) is 40.7 Å². The molecule has 0 aliphatic carbocycles. The topological polar surface area (TPSA) is 41.1 Å². The molecule has 2 rings (SSSR count). The van der Waals surface area contributed by atoms with Gasteiger partial charge >= 0.3 is 0 Å². The van der Waals surface area contributed by atoms with Gasteiger partial charge in [0.1, 0.15) is 5.82 Å². The van der Waals surface area contributed by atoms with Crippen molar-refractivity contribution in [3.63, 3.8) is 0 Å². The van der Waals surface area contributed by atoms with E-state index in [1.54, 1.807) is 17.5 Å². The number of rotatable bonds is 6. The van der Waals surface area contributed by atoms with E-state index in [-0.39, 0.29) is 6.04 Å². The zero-order valence-corrected chi connectivity index (χ0v) is 14.3. The fourth-order valence-corrected chi connectivity index (χ4v) is 3.13. The smallest absolute Gasteiger partial charge is 0.224 e. The highest BCUT2D eigenvalue weighted by molar-refractivity contribution is 9.10. The highest BCUT2D eigenvalue weighted by atomic mass is 79.9. The minimum Gasteiger partial charge on any atom is -0.354 e. The molecule has 2 heterocycles. The zero-order valence-electron chi connectivity index (χ0n) is 11.9. The Hall–Kier alpha value is -1.14. The van der Waals surface area contributed by atoms with E-state index >= 15 is 0 Å². The predicted octanol–water partition coefficient (Wildman–Crippen LogP) is 4.32. The summed E-state index contributed by atoms with van der Waals surface area (Å²) in [5, 5.41) is 5.32. The van der Waals surface area contributed by atoms with Gasteiger partial charge in [0.05, 0.1) is 10.5 Å². The molecule has 0 saturated heterocycles. The van der Waals surface area contributed by atoms with Crippen molar-refractivity contribution in [2.24, 2.45) is 0 Å². The largest absolute Gasteiger partial charge is 0.354 e. The van der Waals surface area contributed by atoms with Crippen LogP contribution in [0.4, 0.5) is 11.8 Å². The van der Waals surface area contributed by atoms with Gasteiger partial charge in [0.15, 0.2) is 0 Å². The minimum absolute atomic E-state index is 0.278. The van der Waals surface area contributed by atoms with E-state index in [2.05, 4.69) is 74.5 Å². The minimum atomic E-state index is 0.278. The van der Waals surface area contributed by atoms with Crippen LogP contribution < -0.4 is 10.2 Å². The Morgan fingerprint density at radius 3 is 2.95 bits per heavy atom. The van der Waals surface area contributed by atoms with Crippen LogP contribution >= 0.6 is 27.3 Å². The summed E-state index contributed by atoms with van der Waals surface area (Å²) < 4.78 is 0.908. The van der Waals surface area contributed by atoms with E-state index < -0.39 is 0 Å². The number of nitrogens with zero attached hydrogens (tertiary/aromatic N) is 3. The van der Waals surface area contributed by atoms with Gasteiger partial charge in [-0.1, -0.05) is 13.0 Å². The summed E-state index contributed by atoms with van der Waals surface area (Å²) >= 11 is 5.30. The highest BCUT2D eigenvalue weighted by Crippen LogP contribution is 2.31. The summed E-state index contributed by atoms with van der Waals surface area (Å²) in [4.78, 5) is 12.4. The van der Waals surface area contributed by atoms with E-state index in [1.165, 1.54) is 4.88 Å². The van der Waals surface area contributed by atoms with Crippen LogP contribution in [-0.4, -0.2) is 23.6 Å². The van der Waals surface area contributed by atoms with Crippen molar-refractivity contribution >= 4 is 39.0 Å². The lowest BCUT2D eigenvalue weighted by atomic mass is 10.2. The van der Waals surface area contributed by atoms with Crippen molar-refractivity contribution < 1.29 is 0 Å². The van der Waals surface area contributed by atoms with E-state index in [4.69, 9.17) is 0 Å². The maximum absolute atomic E-state index is 4.60. The van der Waals surface area contributed by atoms with Crippen molar-refractivity contribution in [1.29, 1.82) is 0 Å². The van der Waals surface area contributed by atoms with Gasteiger partial charge in [0.25, 0.3) is 0 Å². The van der Waals surface area contributed by atoms with E-state index in [0.29, 0.717) is 5.95 Å². The third-order valence-electron chi connectivity index (χ3n) is 3.13. The predicted molar refractivity (Wildman–Crippen MR) is 89.6 cm³/mol. The van der Waals surface area contributed by atoms with Crippen molar-refractivity contribution in [2.75, 3.05) is 23.8 Å². The zero-order chi connectivity index (χ0) is 14.5. The average Bonchev–Trinajstić information content (AvgIpc) is 2.99. The molecule has 2 aromatic rings. The number of aromatic nitrogens is 2. The molecule has 0 fully saturated rings. The van der Waals surface area contributed by atoms with Crippen molar-refractivity contribution in [1.82, 2.24) is 9.97 Å². The van der Waals surface area contributed by atoms with Gasteiger partial charge in [0.2, 0.25) is 5.95 Å². The van der Waals surface area contributed by atoms with Crippen LogP contribution in [0.1, 0.15) is 31.2 Å². The first-order valence-electron chi connectivity index (χ1n) is 6.66. The first-order chi connectivity index (χ1) is 9.63. The average molecular weight is 355 g/mol. The SMILES string of the molecule is CCCNc1ncc(Br)c(N(C)C(C)c2cccs2)n1. The Balaban J connectivity index is 2.21. The second kappa shape index (κ2) is 7.04. The Morgan fingerprint density at radius 1 is 1.50 bits per heavy atom. The second-order valence-electron chi connectivity index (χ2n) is 4.59. The summed E-state index contributed by atoms with van der Waals surface area (Å²) in [6, 6.07) is 4.50. The van der Waals surface area contributed by atoms with Crippen LogP contribution in [-0.2, 0) is 0 Å². The number of hydrogen-bond donors (Lipinski definition) is 1. The molecule has 0 spiro atoms. The van der Waals surface area contributed by atoms with Gasteiger partial charge < -0.3 is 10.2 Å². The molecule has 2 aromatic heterocycles. The van der Waals surface area contributed by atoms with Crippen molar-refractivity contribution in [2.45, 2.75) is 26.3 Å². The monoisotopic (exact) mass is 354 g/mol. The summed E-state index contributed by atoms with van der Waals surface area (Å²) in [7, 11) is 2.06. The maximum Gasteiger partial charge on any atom is 0.224 e. The van der Waals surface area contributed by atoms with E-state index in [0.717, 1.165) is 23.3 Å². The highest BCUT2D eigenvalue weighted by Gasteiger charge is 2.17. The number of anilines is 2. The van der Waals surface area contributed by atoms with Gasteiger partial charge in [0, 0.05) is 24.7 Å². The molecule has 20 heavy (non-hydrogen) atoms. The fourth-order valence-electron chi connectivity index (χ4n) is 1.83. The summed E-state index contributed by atoms with van der Waals surface area (Å²) in [5.41, 5.74) is 0. The molecule has 0 bridgehead atoms. The molecule has 6 heteroatoms. The summed E-state index contributed by atoms with van der Waals surface area (Å²) in [6.07, 6.45) is 2.86. The molecule has 108 valence electrons. The van der Waals surface area contributed by atoms with Gasteiger partial charge in [-0.15, -0.1) is 11.3 Å². The Morgan fingerprint density at radius 2 is 2.30 bits per heavy atom. The summed E-state index contributed by atoms with van der Waals surface area (Å²) in [6.45, 7) is 5.18. The molecular formula is C14H19BrN4S. The number of hydrogen-bond acceptors (Lipinski definition) is 5. The molecule has 1 unspecified atom stereocenters. The van der Waals surface area contributed by atoms with Crippen LogP contribution in [0.3, 0.4) is 0 Å². The molecule has 0 amide bonds. The molecule has 0 radical (unpaired) electrons. The molecule has 1 N–H and O–H groups in total. The molecule has 0 aromatic carbocycles. The third kappa shape index (κ3) is 3.49. The standard InChI is InChI=1S/C14H19BrN4S/c1-4-7-16-14-17-9-11(15)13(18-14)19(3)10(2)12-6-5-8-20-12/h5-6,8-10H,4,7H2,1-3H3,(H,16,17,18). The number of halogens is 1. The lowest BCUT2D eigenvalue weighted by molar-refractivity contribution is 0.738.